The molecule has 0 aliphatic carbocycles. The van der Waals surface area contributed by atoms with Crippen molar-refractivity contribution in [3.8, 4) is 11.1 Å². The highest BCUT2D eigenvalue weighted by atomic mass is 32.2. The molecule has 0 saturated heterocycles. The lowest BCUT2D eigenvalue weighted by Gasteiger charge is -2.17. The average Bonchev–Trinajstić information content (AvgIpc) is 2.81. The third-order valence-corrected chi connectivity index (χ3v) is 6.35. The number of carbonyl (C=O) groups is 2. The van der Waals surface area contributed by atoms with Crippen molar-refractivity contribution in [2.45, 2.75) is 69.2 Å². The third kappa shape index (κ3) is 10.7. The van der Waals surface area contributed by atoms with Gasteiger partial charge in [0, 0.05) is 29.5 Å². The van der Waals surface area contributed by atoms with E-state index < -0.39 is 5.97 Å². The Balaban J connectivity index is 1.82. The van der Waals surface area contributed by atoms with Gasteiger partial charge in [0.05, 0.1) is 0 Å². The Morgan fingerprint density at radius 3 is 2.38 bits per heavy atom. The standard InChI is InChI=1S/C27H35NO3S/c1-2-3-4-5-6-7-11-14-26(29)28-24(17-20-27(30)31)21-32-25-18-15-23(16-19-25)22-12-9-8-10-13-22/h7-13,15-16,18-19,24H,2-6,14,17,20-21H2,1H3,(H,28,29)(H,30,31)/t24-/m0/s1. The molecule has 1 atom stereocenters. The topological polar surface area (TPSA) is 66.4 Å². The van der Waals surface area contributed by atoms with Gasteiger partial charge in [-0.3, -0.25) is 9.59 Å². The first-order valence-electron chi connectivity index (χ1n) is 11.5. The molecule has 0 aliphatic rings. The average molecular weight is 454 g/mol. The van der Waals surface area contributed by atoms with E-state index in [1.54, 1.807) is 11.8 Å². The molecule has 0 radical (unpaired) electrons. The number of benzene rings is 2. The summed E-state index contributed by atoms with van der Waals surface area (Å²) in [6, 6.07) is 18.4. The zero-order chi connectivity index (χ0) is 23.0. The number of aliphatic carboxylic acids is 1. The molecule has 2 aromatic carbocycles. The minimum Gasteiger partial charge on any atom is -0.481 e. The smallest absolute Gasteiger partial charge is 0.303 e. The molecule has 4 nitrogen and oxygen atoms in total. The van der Waals surface area contributed by atoms with Crippen LogP contribution in [-0.4, -0.2) is 28.8 Å². The van der Waals surface area contributed by atoms with Gasteiger partial charge >= 0.3 is 5.97 Å². The van der Waals surface area contributed by atoms with Crippen molar-refractivity contribution >= 4 is 23.6 Å². The zero-order valence-corrected chi connectivity index (χ0v) is 19.8. The lowest BCUT2D eigenvalue weighted by atomic mass is 10.1. The van der Waals surface area contributed by atoms with Crippen molar-refractivity contribution in [3.63, 3.8) is 0 Å². The van der Waals surface area contributed by atoms with Crippen molar-refractivity contribution in [1.29, 1.82) is 0 Å². The van der Waals surface area contributed by atoms with Crippen molar-refractivity contribution in [2.24, 2.45) is 0 Å². The summed E-state index contributed by atoms with van der Waals surface area (Å²) in [5.41, 5.74) is 2.33. The van der Waals surface area contributed by atoms with Crippen molar-refractivity contribution < 1.29 is 14.7 Å². The molecule has 172 valence electrons. The van der Waals surface area contributed by atoms with Gasteiger partial charge in [-0.25, -0.2) is 0 Å². The number of hydrogen-bond donors (Lipinski definition) is 2. The van der Waals surface area contributed by atoms with E-state index >= 15 is 0 Å². The second-order valence-electron chi connectivity index (χ2n) is 7.92. The molecule has 0 fully saturated rings. The van der Waals surface area contributed by atoms with Crippen LogP contribution in [0.4, 0.5) is 0 Å². The fourth-order valence-electron chi connectivity index (χ4n) is 3.35. The first-order valence-corrected chi connectivity index (χ1v) is 12.5. The van der Waals surface area contributed by atoms with Gasteiger partial charge in [0.25, 0.3) is 0 Å². The van der Waals surface area contributed by atoms with Crippen molar-refractivity contribution in [1.82, 2.24) is 5.32 Å². The first kappa shape index (κ1) is 25.7. The van der Waals surface area contributed by atoms with Crippen LogP contribution in [0.15, 0.2) is 71.6 Å². The fraction of sp³-hybridized carbons (Fsp3) is 0.407. The Hall–Kier alpha value is -2.53. The molecule has 2 N–H and O–H groups in total. The lowest BCUT2D eigenvalue weighted by Crippen LogP contribution is -2.36. The Kier molecular flexibility index (Phi) is 12.3. The zero-order valence-electron chi connectivity index (χ0n) is 19.0. The summed E-state index contributed by atoms with van der Waals surface area (Å²) in [5, 5.41) is 12.1. The predicted molar refractivity (Wildman–Crippen MR) is 134 cm³/mol. The summed E-state index contributed by atoms with van der Waals surface area (Å²) < 4.78 is 0. The summed E-state index contributed by atoms with van der Waals surface area (Å²) in [5.74, 6) is -0.247. The van der Waals surface area contributed by atoms with Crippen LogP contribution >= 0.6 is 11.8 Å². The molecule has 32 heavy (non-hydrogen) atoms. The molecule has 0 heterocycles. The van der Waals surface area contributed by atoms with Gasteiger partial charge in [-0.05, 0) is 42.5 Å². The molecule has 1 amide bonds. The van der Waals surface area contributed by atoms with E-state index in [1.165, 1.54) is 24.8 Å². The van der Waals surface area contributed by atoms with Gasteiger partial charge < -0.3 is 10.4 Å². The molecule has 2 aromatic rings. The molecule has 5 heteroatoms. The van der Waals surface area contributed by atoms with Gasteiger partial charge in [0.15, 0.2) is 0 Å². The lowest BCUT2D eigenvalue weighted by molar-refractivity contribution is -0.137. The van der Waals surface area contributed by atoms with Gasteiger partial charge in [-0.2, -0.15) is 0 Å². The number of amides is 1. The number of carboxylic acid groups (broad SMARTS) is 1. The number of carboxylic acids is 1. The Labute approximate surface area is 196 Å². The van der Waals surface area contributed by atoms with E-state index in [2.05, 4.69) is 54.7 Å². The maximum absolute atomic E-state index is 12.3. The maximum Gasteiger partial charge on any atom is 0.303 e. The van der Waals surface area contributed by atoms with Crippen LogP contribution in [0.1, 0.15) is 58.3 Å². The van der Waals surface area contributed by atoms with Crippen LogP contribution in [0, 0.1) is 0 Å². The predicted octanol–water partition coefficient (Wildman–Crippen LogP) is 6.71. The van der Waals surface area contributed by atoms with E-state index in [9.17, 15) is 9.59 Å². The Bertz CT molecular complexity index is 834. The number of allylic oxidation sites excluding steroid dienone is 1. The maximum atomic E-state index is 12.3. The third-order valence-electron chi connectivity index (χ3n) is 5.18. The normalized spacial score (nSPS) is 12.0. The molecule has 0 unspecified atom stereocenters. The van der Waals surface area contributed by atoms with Crippen LogP contribution in [-0.2, 0) is 9.59 Å². The Morgan fingerprint density at radius 2 is 1.69 bits per heavy atom. The van der Waals surface area contributed by atoms with Crippen LogP contribution in [0.25, 0.3) is 11.1 Å². The number of carbonyl (C=O) groups excluding carboxylic acids is 1. The minimum absolute atomic E-state index is 0.0473. The summed E-state index contributed by atoms with van der Waals surface area (Å²) in [6.45, 7) is 2.19. The van der Waals surface area contributed by atoms with E-state index in [1.807, 2.05) is 24.3 Å². The first-order chi connectivity index (χ1) is 15.6. The molecule has 0 bridgehead atoms. The molecule has 2 rings (SSSR count). The quantitative estimate of drug-likeness (QED) is 0.179. The number of nitrogens with one attached hydrogen (secondary N) is 1. The minimum atomic E-state index is -0.839. The second kappa shape index (κ2) is 15.3. The van der Waals surface area contributed by atoms with Gasteiger partial charge in [0.2, 0.25) is 5.91 Å². The van der Waals surface area contributed by atoms with Crippen LogP contribution in [0.2, 0.25) is 0 Å². The highest BCUT2D eigenvalue weighted by Gasteiger charge is 2.14. The summed E-state index contributed by atoms with van der Waals surface area (Å²) in [4.78, 5) is 24.5. The monoisotopic (exact) mass is 453 g/mol. The van der Waals surface area contributed by atoms with E-state index in [4.69, 9.17) is 5.11 Å². The van der Waals surface area contributed by atoms with Gasteiger partial charge in [-0.1, -0.05) is 80.8 Å². The Morgan fingerprint density at radius 1 is 0.969 bits per heavy atom. The molecule has 0 spiro atoms. The van der Waals surface area contributed by atoms with Gasteiger partial charge in [-0.15, -0.1) is 11.8 Å². The van der Waals surface area contributed by atoms with Crippen LogP contribution in [0.3, 0.4) is 0 Å². The number of hydrogen-bond acceptors (Lipinski definition) is 3. The fourth-order valence-corrected chi connectivity index (χ4v) is 4.32. The SMILES string of the molecule is CCCCCCC=CCC(=O)N[C@@H](CCC(=O)O)CSc1ccc(-c2ccccc2)cc1. The highest BCUT2D eigenvalue weighted by Crippen LogP contribution is 2.25. The molecule has 0 aromatic heterocycles. The summed E-state index contributed by atoms with van der Waals surface area (Å²) >= 11 is 1.64. The molecule has 0 saturated carbocycles. The van der Waals surface area contributed by atoms with E-state index in [0.29, 0.717) is 18.6 Å². The van der Waals surface area contributed by atoms with Gasteiger partial charge in [0.1, 0.15) is 0 Å². The summed E-state index contributed by atoms with van der Waals surface area (Å²) in [7, 11) is 0. The summed E-state index contributed by atoms with van der Waals surface area (Å²) in [6.07, 6.45) is 10.7. The van der Waals surface area contributed by atoms with Crippen LogP contribution < -0.4 is 5.32 Å². The van der Waals surface area contributed by atoms with Crippen molar-refractivity contribution in [2.75, 3.05) is 5.75 Å². The molecular formula is C27H35NO3S. The number of rotatable bonds is 15. The van der Waals surface area contributed by atoms with E-state index in [-0.39, 0.29) is 18.4 Å². The largest absolute Gasteiger partial charge is 0.481 e. The second-order valence-corrected chi connectivity index (χ2v) is 9.02. The molecule has 0 aliphatic heterocycles. The molecular weight excluding hydrogens is 418 g/mol. The highest BCUT2D eigenvalue weighted by molar-refractivity contribution is 7.99. The number of unbranched alkanes of at least 4 members (excludes halogenated alkanes) is 4. The number of thioether (sulfide) groups is 1. The van der Waals surface area contributed by atoms with Crippen LogP contribution in [0.5, 0.6) is 0 Å². The van der Waals surface area contributed by atoms with Crippen molar-refractivity contribution in [3.05, 3.63) is 66.7 Å². The van der Waals surface area contributed by atoms with E-state index in [0.717, 1.165) is 23.3 Å².